The summed E-state index contributed by atoms with van der Waals surface area (Å²) in [5, 5.41) is 3.25. The fraction of sp³-hybridized carbons (Fsp3) is 0.150. The van der Waals surface area contributed by atoms with Crippen molar-refractivity contribution in [2.45, 2.75) is 28.7 Å². The second-order valence-electron chi connectivity index (χ2n) is 6.35. The maximum atomic E-state index is 12.6. The Morgan fingerprint density at radius 2 is 1.63 bits per heavy atom. The molecule has 0 saturated heterocycles. The normalized spacial score (nSPS) is 18.9. The SMILES string of the molecule is CC1(NC(=O)Oc2ccc(S(=O)(=O)c3ccc(Cl)cc3)cc2)C=CC=CC1. The Morgan fingerprint density at radius 1 is 1.04 bits per heavy atom. The zero-order valence-corrected chi connectivity index (χ0v) is 16.1. The number of hydrogen-bond acceptors (Lipinski definition) is 4. The molecule has 3 rings (SSSR count). The minimum Gasteiger partial charge on any atom is -0.410 e. The molecule has 1 N–H and O–H groups in total. The Labute approximate surface area is 163 Å². The van der Waals surface area contributed by atoms with Gasteiger partial charge in [-0.1, -0.05) is 35.9 Å². The summed E-state index contributed by atoms with van der Waals surface area (Å²) in [5.41, 5.74) is -0.510. The summed E-state index contributed by atoms with van der Waals surface area (Å²) in [7, 11) is -3.66. The summed E-state index contributed by atoms with van der Waals surface area (Å²) in [6, 6.07) is 11.6. The Balaban J connectivity index is 1.70. The van der Waals surface area contributed by atoms with Gasteiger partial charge in [0.05, 0.1) is 15.3 Å². The Hall–Kier alpha value is -2.57. The number of carbonyl (C=O) groups excluding carboxylic acids is 1. The summed E-state index contributed by atoms with van der Waals surface area (Å²) in [6.07, 6.45) is 7.67. The van der Waals surface area contributed by atoms with E-state index in [1.165, 1.54) is 48.5 Å². The van der Waals surface area contributed by atoms with Crippen molar-refractivity contribution in [1.29, 1.82) is 0 Å². The molecular formula is C20H18ClNO4S. The van der Waals surface area contributed by atoms with Crippen LogP contribution in [0.5, 0.6) is 5.75 Å². The molecule has 0 saturated carbocycles. The van der Waals surface area contributed by atoms with Gasteiger partial charge in [-0.3, -0.25) is 0 Å². The van der Waals surface area contributed by atoms with Gasteiger partial charge in [0.15, 0.2) is 0 Å². The largest absolute Gasteiger partial charge is 0.413 e. The van der Waals surface area contributed by atoms with Crippen LogP contribution in [0.3, 0.4) is 0 Å². The van der Waals surface area contributed by atoms with Gasteiger partial charge < -0.3 is 10.1 Å². The highest BCUT2D eigenvalue weighted by molar-refractivity contribution is 7.91. The van der Waals surface area contributed by atoms with Crippen LogP contribution in [-0.4, -0.2) is 20.0 Å². The van der Waals surface area contributed by atoms with Crippen LogP contribution in [0.2, 0.25) is 5.02 Å². The zero-order valence-electron chi connectivity index (χ0n) is 14.6. The van der Waals surface area contributed by atoms with Crippen LogP contribution in [0.4, 0.5) is 4.79 Å². The molecule has 7 heteroatoms. The maximum Gasteiger partial charge on any atom is 0.413 e. The first-order chi connectivity index (χ1) is 12.8. The number of allylic oxidation sites excluding steroid dienone is 2. The predicted octanol–water partition coefficient (Wildman–Crippen LogP) is 4.54. The molecule has 1 atom stereocenters. The van der Waals surface area contributed by atoms with E-state index in [4.69, 9.17) is 16.3 Å². The number of hydrogen-bond donors (Lipinski definition) is 1. The van der Waals surface area contributed by atoms with E-state index in [9.17, 15) is 13.2 Å². The molecule has 0 aromatic heterocycles. The number of sulfone groups is 1. The van der Waals surface area contributed by atoms with Crippen LogP contribution in [0.15, 0.2) is 82.6 Å². The van der Waals surface area contributed by atoms with E-state index in [0.717, 1.165) is 0 Å². The molecule has 1 unspecified atom stereocenters. The second kappa shape index (κ2) is 7.58. The quantitative estimate of drug-likeness (QED) is 0.813. The lowest BCUT2D eigenvalue weighted by Crippen LogP contribution is -2.45. The molecule has 140 valence electrons. The number of ether oxygens (including phenoxy) is 1. The molecule has 5 nitrogen and oxygen atoms in total. The fourth-order valence-corrected chi connectivity index (χ4v) is 4.01. The molecule has 2 aromatic carbocycles. The average molecular weight is 404 g/mol. The molecule has 1 amide bonds. The van der Waals surface area contributed by atoms with Crippen molar-refractivity contribution in [3.8, 4) is 5.75 Å². The molecule has 0 spiro atoms. The summed E-state index contributed by atoms with van der Waals surface area (Å²) < 4.78 is 30.5. The first-order valence-corrected chi connectivity index (χ1v) is 10.1. The fourth-order valence-electron chi connectivity index (χ4n) is 2.62. The lowest BCUT2D eigenvalue weighted by molar-refractivity contribution is 0.191. The van der Waals surface area contributed by atoms with Crippen molar-refractivity contribution in [1.82, 2.24) is 5.32 Å². The molecule has 2 aromatic rings. The minimum atomic E-state index is -3.66. The van der Waals surface area contributed by atoms with E-state index in [1.807, 2.05) is 31.2 Å². The van der Waals surface area contributed by atoms with Gasteiger partial charge in [0.1, 0.15) is 5.75 Å². The standard InChI is InChI=1S/C20H18ClNO4S/c1-20(13-3-2-4-14-20)22-19(23)26-16-7-11-18(12-8-16)27(24,25)17-9-5-15(21)6-10-17/h2-13H,14H2,1H3,(H,22,23). The van der Waals surface area contributed by atoms with Crippen molar-refractivity contribution in [2.75, 3.05) is 0 Å². The number of rotatable bonds is 4. The predicted molar refractivity (Wildman–Crippen MR) is 104 cm³/mol. The van der Waals surface area contributed by atoms with Gasteiger partial charge in [0.25, 0.3) is 0 Å². The van der Waals surface area contributed by atoms with Crippen LogP contribution in [0.1, 0.15) is 13.3 Å². The Morgan fingerprint density at radius 3 is 2.19 bits per heavy atom. The Bertz CT molecular complexity index is 995. The monoisotopic (exact) mass is 403 g/mol. The van der Waals surface area contributed by atoms with Gasteiger partial charge in [0, 0.05) is 5.02 Å². The van der Waals surface area contributed by atoms with E-state index in [0.29, 0.717) is 11.4 Å². The number of amides is 1. The van der Waals surface area contributed by atoms with Crippen molar-refractivity contribution in [2.24, 2.45) is 0 Å². The van der Waals surface area contributed by atoms with Gasteiger partial charge in [-0.25, -0.2) is 13.2 Å². The first-order valence-electron chi connectivity index (χ1n) is 8.24. The number of halogens is 1. The van der Waals surface area contributed by atoms with Gasteiger partial charge in [-0.05, 0) is 61.9 Å². The van der Waals surface area contributed by atoms with Crippen LogP contribution in [0, 0.1) is 0 Å². The third kappa shape index (κ3) is 4.59. The minimum absolute atomic E-state index is 0.102. The third-order valence-electron chi connectivity index (χ3n) is 4.11. The topological polar surface area (TPSA) is 72.5 Å². The molecule has 0 radical (unpaired) electrons. The van der Waals surface area contributed by atoms with Gasteiger partial charge >= 0.3 is 6.09 Å². The molecular weight excluding hydrogens is 386 g/mol. The number of nitrogens with one attached hydrogen (secondary N) is 1. The lowest BCUT2D eigenvalue weighted by atomic mass is 9.94. The van der Waals surface area contributed by atoms with Crippen molar-refractivity contribution < 1.29 is 17.9 Å². The highest BCUT2D eigenvalue weighted by Gasteiger charge is 2.24. The van der Waals surface area contributed by atoms with E-state index in [-0.39, 0.29) is 15.5 Å². The molecule has 0 heterocycles. The highest BCUT2D eigenvalue weighted by atomic mass is 35.5. The van der Waals surface area contributed by atoms with Crippen LogP contribution in [0.25, 0.3) is 0 Å². The molecule has 1 aliphatic rings. The van der Waals surface area contributed by atoms with Crippen molar-refractivity contribution >= 4 is 27.5 Å². The molecule has 1 aliphatic carbocycles. The van der Waals surface area contributed by atoms with Crippen LogP contribution < -0.4 is 10.1 Å². The third-order valence-corrected chi connectivity index (χ3v) is 6.15. The van der Waals surface area contributed by atoms with Crippen molar-refractivity contribution in [3.05, 3.63) is 77.9 Å². The molecule has 0 fully saturated rings. The Kier molecular flexibility index (Phi) is 5.39. The molecule has 0 bridgehead atoms. The van der Waals surface area contributed by atoms with E-state index in [2.05, 4.69) is 5.32 Å². The summed E-state index contributed by atoms with van der Waals surface area (Å²) >= 11 is 5.80. The van der Waals surface area contributed by atoms with Gasteiger partial charge in [0.2, 0.25) is 9.84 Å². The maximum absolute atomic E-state index is 12.6. The zero-order chi connectivity index (χ0) is 19.5. The average Bonchev–Trinajstić information content (AvgIpc) is 2.62. The lowest BCUT2D eigenvalue weighted by Gasteiger charge is -2.27. The summed E-state index contributed by atoms with van der Waals surface area (Å²) in [5.74, 6) is 0.251. The van der Waals surface area contributed by atoms with E-state index in [1.54, 1.807) is 0 Å². The van der Waals surface area contributed by atoms with Crippen LogP contribution in [-0.2, 0) is 9.84 Å². The second-order valence-corrected chi connectivity index (χ2v) is 8.74. The smallest absolute Gasteiger partial charge is 0.410 e. The van der Waals surface area contributed by atoms with Crippen LogP contribution >= 0.6 is 11.6 Å². The summed E-state index contributed by atoms with van der Waals surface area (Å²) in [4.78, 5) is 12.3. The number of carbonyl (C=O) groups is 1. The number of benzene rings is 2. The van der Waals surface area contributed by atoms with Gasteiger partial charge in [-0.2, -0.15) is 0 Å². The molecule has 0 aliphatic heterocycles. The van der Waals surface area contributed by atoms with Gasteiger partial charge in [-0.15, -0.1) is 0 Å². The van der Waals surface area contributed by atoms with E-state index >= 15 is 0 Å². The van der Waals surface area contributed by atoms with E-state index < -0.39 is 21.5 Å². The summed E-state index contributed by atoms with van der Waals surface area (Å²) in [6.45, 7) is 1.88. The highest BCUT2D eigenvalue weighted by Crippen LogP contribution is 2.24. The van der Waals surface area contributed by atoms with Crippen molar-refractivity contribution in [3.63, 3.8) is 0 Å². The molecule has 27 heavy (non-hydrogen) atoms. The first kappa shape index (κ1) is 19.2.